The summed E-state index contributed by atoms with van der Waals surface area (Å²) in [6, 6.07) is 8.60. The largest absolute Gasteiger partial charge is 1.00 e. The van der Waals surface area contributed by atoms with E-state index in [4.69, 9.17) is 9.47 Å². The topological polar surface area (TPSA) is 18.5 Å². The van der Waals surface area contributed by atoms with Crippen LogP contribution >= 0.6 is 0 Å². The van der Waals surface area contributed by atoms with Gasteiger partial charge >= 0.3 is 0 Å². The van der Waals surface area contributed by atoms with Crippen molar-refractivity contribution in [3.63, 3.8) is 0 Å². The SMILES string of the molecule is CCCC[N+]1(COc2ccccc2C2CCCC2)C=COC1.[Cl-]. The summed E-state index contributed by atoms with van der Waals surface area (Å²) in [5.74, 6) is 1.76. The summed E-state index contributed by atoms with van der Waals surface area (Å²) >= 11 is 0. The van der Waals surface area contributed by atoms with Crippen molar-refractivity contribution in [1.29, 1.82) is 0 Å². The van der Waals surface area contributed by atoms with Crippen molar-refractivity contribution in [3.05, 3.63) is 42.3 Å². The number of ether oxygens (including phenoxy) is 2. The first-order valence-corrected chi connectivity index (χ1v) is 8.70. The summed E-state index contributed by atoms with van der Waals surface area (Å²) in [4.78, 5) is 0. The molecule has 0 radical (unpaired) electrons. The molecule has 0 aromatic heterocycles. The van der Waals surface area contributed by atoms with E-state index in [9.17, 15) is 0 Å². The van der Waals surface area contributed by atoms with E-state index >= 15 is 0 Å². The molecule has 1 aromatic carbocycles. The molecule has 1 fully saturated rings. The quantitative estimate of drug-likeness (QED) is 0.706. The molecule has 0 saturated heterocycles. The molecule has 0 amide bonds. The van der Waals surface area contributed by atoms with Gasteiger partial charge in [-0.2, -0.15) is 0 Å². The van der Waals surface area contributed by atoms with Crippen molar-refractivity contribution >= 4 is 0 Å². The summed E-state index contributed by atoms with van der Waals surface area (Å²) in [5, 5.41) is 0. The number of quaternary nitrogens is 1. The lowest BCUT2D eigenvalue weighted by Gasteiger charge is -2.29. The van der Waals surface area contributed by atoms with Gasteiger partial charge in [0.2, 0.25) is 13.5 Å². The molecule has 1 saturated carbocycles. The van der Waals surface area contributed by atoms with E-state index in [1.54, 1.807) is 0 Å². The summed E-state index contributed by atoms with van der Waals surface area (Å²) in [6.07, 6.45) is 11.7. The summed E-state index contributed by atoms with van der Waals surface area (Å²) < 4.78 is 12.5. The zero-order valence-corrected chi connectivity index (χ0v) is 14.8. The average molecular weight is 338 g/mol. The number of rotatable bonds is 7. The molecule has 0 N–H and O–H groups in total. The first-order chi connectivity index (χ1) is 10.8. The van der Waals surface area contributed by atoms with Gasteiger partial charge < -0.3 is 21.9 Å². The average Bonchev–Trinajstić information content (AvgIpc) is 3.24. The third-order valence-electron chi connectivity index (χ3n) is 4.95. The summed E-state index contributed by atoms with van der Waals surface area (Å²) in [6.45, 7) is 4.68. The zero-order chi connectivity index (χ0) is 15.3. The van der Waals surface area contributed by atoms with Crippen LogP contribution in [0.5, 0.6) is 5.75 Å². The van der Waals surface area contributed by atoms with Crippen LogP contribution in [0.4, 0.5) is 0 Å². The van der Waals surface area contributed by atoms with Crippen LogP contribution in [0.2, 0.25) is 0 Å². The van der Waals surface area contributed by atoms with E-state index in [-0.39, 0.29) is 12.4 Å². The molecule has 128 valence electrons. The maximum Gasteiger partial charge on any atom is 0.230 e. The number of unbranched alkanes of at least 4 members (excludes halogenated alkanes) is 1. The first-order valence-electron chi connectivity index (χ1n) is 8.70. The molecule has 1 aliphatic carbocycles. The van der Waals surface area contributed by atoms with E-state index in [0.717, 1.165) is 16.8 Å². The van der Waals surface area contributed by atoms with Crippen molar-refractivity contribution in [2.24, 2.45) is 0 Å². The molecule has 0 bridgehead atoms. The van der Waals surface area contributed by atoms with E-state index in [1.165, 1.54) is 44.1 Å². The molecular formula is C19H28ClNO2. The van der Waals surface area contributed by atoms with Gasteiger partial charge in [0.25, 0.3) is 0 Å². The number of halogens is 1. The lowest BCUT2D eigenvalue weighted by molar-refractivity contribution is -0.903. The predicted molar refractivity (Wildman–Crippen MR) is 88.3 cm³/mol. The molecule has 3 nitrogen and oxygen atoms in total. The fourth-order valence-electron chi connectivity index (χ4n) is 3.55. The van der Waals surface area contributed by atoms with E-state index in [0.29, 0.717) is 19.4 Å². The van der Waals surface area contributed by atoms with Gasteiger partial charge in [-0.3, -0.25) is 0 Å². The number of nitrogens with zero attached hydrogens (tertiary/aromatic N) is 1. The Kier molecular flexibility index (Phi) is 6.79. The van der Waals surface area contributed by atoms with Gasteiger partial charge in [0, 0.05) is 0 Å². The third-order valence-corrected chi connectivity index (χ3v) is 4.95. The molecule has 23 heavy (non-hydrogen) atoms. The van der Waals surface area contributed by atoms with Crippen LogP contribution in [0.15, 0.2) is 36.7 Å². The Balaban J connectivity index is 0.00000192. The maximum absolute atomic E-state index is 6.27. The van der Waals surface area contributed by atoms with Gasteiger partial charge in [-0.1, -0.05) is 44.4 Å². The Morgan fingerprint density at radius 2 is 2.00 bits per heavy atom. The van der Waals surface area contributed by atoms with Crippen LogP contribution in [0, 0.1) is 0 Å². The number of hydrogen-bond acceptors (Lipinski definition) is 2. The fraction of sp³-hybridized carbons (Fsp3) is 0.579. The summed E-state index contributed by atoms with van der Waals surface area (Å²) in [5.41, 5.74) is 1.40. The Morgan fingerprint density at radius 3 is 2.70 bits per heavy atom. The van der Waals surface area contributed by atoms with Gasteiger partial charge in [-0.15, -0.1) is 0 Å². The lowest BCUT2D eigenvalue weighted by atomic mass is 9.97. The normalized spacial score (nSPS) is 23.5. The van der Waals surface area contributed by atoms with Crippen LogP contribution in [0.25, 0.3) is 0 Å². The first kappa shape index (κ1) is 18.2. The fourth-order valence-corrected chi connectivity index (χ4v) is 3.55. The second-order valence-corrected chi connectivity index (χ2v) is 6.67. The van der Waals surface area contributed by atoms with Gasteiger partial charge in [0.1, 0.15) is 18.2 Å². The highest BCUT2D eigenvalue weighted by Gasteiger charge is 2.30. The highest BCUT2D eigenvalue weighted by atomic mass is 35.5. The Hall–Kier alpha value is -1.19. The molecule has 1 aliphatic heterocycles. The number of hydrogen-bond donors (Lipinski definition) is 0. The Bertz CT molecular complexity index is 514. The van der Waals surface area contributed by atoms with Gasteiger partial charge in [-0.25, -0.2) is 4.48 Å². The highest BCUT2D eigenvalue weighted by Crippen LogP contribution is 2.38. The second-order valence-electron chi connectivity index (χ2n) is 6.67. The smallest absolute Gasteiger partial charge is 0.230 e. The molecule has 1 unspecified atom stereocenters. The minimum Gasteiger partial charge on any atom is -1.00 e. The third kappa shape index (κ3) is 4.42. The molecule has 1 atom stereocenters. The number of benzene rings is 1. The summed E-state index contributed by atoms with van der Waals surface area (Å²) in [7, 11) is 0. The van der Waals surface area contributed by atoms with Crippen molar-refractivity contribution in [2.45, 2.75) is 51.4 Å². The van der Waals surface area contributed by atoms with Gasteiger partial charge in [0.05, 0.1) is 6.54 Å². The molecular weight excluding hydrogens is 310 g/mol. The standard InChI is InChI=1S/C19H28NO2.ClH/c1-2-3-12-20(13-14-21-15-20)16-22-19-11-7-6-10-18(19)17-8-4-5-9-17;/h6-7,10-11,13-14,17H,2-5,8-9,12,15-16H2,1H3;1H/q+1;/p-1. The van der Waals surface area contributed by atoms with E-state index in [2.05, 4.69) is 37.4 Å². The van der Waals surface area contributed by atoms with Crippen molar-refractivity contribution in [2.75, 3.05) is 20.0 Å². The molecule has 0 spiro atoms. The van der Waals surface area contributed by atoms with Crippen LogP contribution in [0.1, 0.15) is 56.9 Å². The second kappa shape index (κ2) is 8.60. The Morgan fingerprint density at radius 1 is 1.22 bits per heavy atom. The van der Waals surface area contributed by atoms with Crippen LogP contribution in [-0.4, -0.2) is 24.5 Å². The van der Waals surface area contributed by atoms with Crippen LogP contribution in [-0.2, 0) is 4.74 Å². The lowest BCUT2D eigenvalue weighted by Crippen LogP contribution is -3.00. The van der Waals surface area contributed by atoms with E-state index in [1.807, 2.05) is 6.26 Å². The van der Waals surface area contributed by atoms with Crippen LogP contribution in [0.3, 0.4) is 0 Å². The van der Waals surface area contributed by atoms with E-state index < -0.39 is 0 Å². The minimum absolute atomic E-state index is 0. The molecule has 3 rings (SSSR count). The minimum atomic E-state index is 0. The van der Waals surface area contributed by atoms with Crippen molar-refractivity contribution < 1.29 is 26.4 Å². The molecule has 1 aromatic rings. The molecule has 2 aliphatic rings. The Labute approximate surface area is 146 Å². The van der Waals surface area contributed by atoms with Gasteiger partial charge in [0.15, 0.2) is 0 Å². The number of para-hydroxylation sites is 1. The van der Waals surface area contributed by atoms with Crippen molar-refractivity contribution in [3.8, 4) is 5.75 Å². The highest BCUT2D eigenvalue weighted by molar-refractivity contribution is 5.36. The zero-order valence-electron chi connectivity index (χ0n) is 14.0. The molecule has 4 heteroatoms. The van der Waals surface area contributed by atoms with Crippen LogP contribution < -0.4 is 17.1 Å². The maximum atomic E-state index is 6.27. The van der Waals surface area contributed by atoms with Gasteiger partial charge in [-0.05, 0) is 36.8 Å². The predicted octanol–water partition coefficient (Wildman–Crippen LogP) is 1.76. The van der Waals surface area contributed by atoms with Crippen molar-refractivity contribution in [1.82, 2.24) is 0 Å². The molecule has 1 heterocycles. The monoisotopic (exact) mass is 337 g/mol.